The maximum absolute atomic E-state index is 14.6. The summed E-state index contributed by atoms with van der Waals surface area (Å²) in [6, 6.07) is 20.4. The highest BCUT2D eigenvalue weighted by molar-refractivity contribution is 6.00. The molecular formula is C36H37FN4O3. The minimum Gasteiger partial charge on any atom is -0.354 e. The summed E-state index contributed by atoms with van der Waals surface area (Å²) in [6.07, 6.45) is 6.78. The molecule has 8 heteroatoms. The maximum atomic E-state index is 14.6. The molecule has 3 aromatic rings. The molecule has 1 aliphatic carbocycles. The Hall–Kier alpha value is -4.51. The van der Waals surface area contributed by atoms with Gasteiger partial charge in [-0.2, -0.15) is 5.26 Å². The fourth-order valence-electron chi connectivity index (χ4n) is 7.13. The molecule has 0 bridgehead atoms. The number of nitriles is 1. The first kappa shape index (κ1) is 29.6. The van der Waals surface area contributed by atoms with Gasteiger partial charge in [-0.05, 0) is 65.3 Å². The van der Waals surface area contributed by atoms with E-state index in [1.807, 2.05) is 24.3 Å². The monoisotopic (exact) mass is 592 g/mol. The van der Waals surface area contributed by atoms with Crippen molar-refractivity contribution in [1.82, 2.24) is 15.1 Å². The SMILES string of the molecule is N#Cc1ccc(C(C(=O)NCCc2ccc(F)cc2)N2C(=O)C3Cc4ccccc4CN3C(=O)C2CC2CCCCC2)cc1. The first-order valence-corrected chi connectivity index (χ1v) is 15.6. The molecule has 44 heavy (non-hydrogen) atoms. The standard InChI is InChI=1S/C36H37FN4O3/c37-30-16-12-24(13-17-30)18-19-39-34(42)33(27-14-10-26(22-38)11-15-27)41-32(20-25-6-2-1-3-7-25)35(43)40-23-29-9-5-4-8-28(29)21-31(40)36(41)44/h4-5,8-17,25,31-33H,1-3,6-7,18-21,23H2,(H,39,42). The van der Waals surface area contributed by atoms with E-state index in [-0.39, 0.29) is 30.1 Å². The Morgan fingerprint density at radius 2 is 1.64 bits per heavy atom. The smallest absolute Gasteiger partial charge is 0.247 e. The van der Waals surface area contributed by atoms with Gasteiger partial charge in [0.1, 0.15) is 23.9 Å². The molecule has 2 heterocycles. The number of carbonyl (C=O) groups excluding carboxylic acids is 3. The van der Waals surface area contributed by atoms with Crippen LogP contribution in [-0.4, -0.2) is 46.1 Å². The van der Waals surface area contributed by atoms with Crippen molar-refractivity contribution in [2.24, 2.45) is 5.92 Å². The number of nitrogens with one attached hydrogen (secondary N) is 1. The van der Waals surface area contributed by atoms with Crippen LogP contribution in [0.3, 0.4) is 0 Å². The van der Waals surface area contributed by atoms with Crippen molar-refractivity contribution >= 4 is 17.7 Å². The maximum Gasteiger partial charge on any atom is 0.247 e. The zero-order valence-corrected chi connectivity index (χ0v) is 24.8. The predicted molar refractivity (Wildman–Crippen MR) is 163 cm³/mol. The van der Waals surface area contributed by atoms with Gasteiger partial charge >= 0.3 is 0 Å². The van der Waals surface area contributed by atoms with Crippen molar-refractivity contribution < 1.29 is 18.8 Å². The number of rotatable bonds is 8. The number of hydrogen-bond donors (Lipinski definition) is 1. The van der Waals surface area contributed by atoms with Gasteiger partial charge in [0.25, 0.3) is 0 Å². The summed E-state index contributed by atoms with van der Waals surface area (Å²) in [5.41, 5.74) is 3.97. The third-order valence-electron chi connectivity index (χ3n) is 9.48. The van der Waals surface area contributed by atoms with Gasteiger partial charge in [0.05, 0.1) is 11.6 Å². The lowest BCUT2D eigenvalue weighted by Gasteiger charge is -2.50. The molecule has 226 valence electrons. The third kappa shape index (κ3) is 6.10. The fraction of sp³-hybridized carbons (Fsp3) is 0.389. The van der Waals surface area contributed by atoms with Gasteiger partial charge in [0.2, 0.25) is 17.7 Å². The van der Waals surface area contributed by atoms with Crippen LogP contribution in [0.15, 0.2) is 72.8 Å². The van der Waals surface area contributed by atoms with Gasteiger partial charge in [-0.3, -0.25) is 14.4 Å². The first-order valence-electron chi connectivity index (χ1n) is 15.6. The van der Waals surface area contributed by atoms with E-state index < -0.39 is 18.1 Å². The number of piperazine rings is 1. The molecule has 0 radical (unpaired) electrons. The number of nitrogens with zero attached hydrogens (tertiary/aromatic N) is 3. The molecule has 3 aliphatic rings. The van der Waals surface area contributed by atoms with E-state index in [0.29, 0.717) is 42.9 Å². The van der Waals surface area contributed by atoms with Crippen molar-refractivity contribution in [3.05, 3.63) is 106 Å². The highest BCUT2D eigenvalue weighted by atomic mass is 19.1. The lowest BCUT2D eigenvalue weighted by molar-refractivity contribution is -0.169. The van der Waals surface area contributed by atoms with Gasteiger partial charge in [0.15, 0.2) is 0 Å². The molecule has 1 saturated heterocycles. The van der Waals surface area contributed by atoms with E-state index in [2.05, 4.69) is 11.4 Å². The molecule has 3 atom stereocenters. The average Bonchev–Trinajstić information content (AvgIpc) is 3.06. The molecule has 3 amide bonds. The zero-order valence-electron chi connectivity index (χ0n) is 24.8. The van der Waals surface area contributed by atoms with Crippen LogP contribution in [0.1, 0.15) is 72.4 Å². The molecule has 7 nitrogen and oxygen atoms in total. The van der Waals surface area contributed by atoms with Crippen molar-refractivity contribution in [2.75, 3.05) is 6.54 Å². The molecule has 1 N–H and O–H groups in total. The predicted octanol–water partition coefficient (Wildman–Crippen LogP) is 5.23. The van der Waals surface area contributed by atoms with Crippen LogP contribution in [0.25, 0.3) is 0 Å². The number of halogens is 1. The Kier molecular flexibility index (Phi) is 8.74. The van der Waals surface area contributed by atoms with Gasteiger partial charge in [0, 0.05) is 19.5 Å². The first-order chi connectivity index (χ1) is 21.4. The van der Waals surface area contributed by atoms with Crippen LogP contribution < -0.4 is 5.32 Å². The van der Waals surface area contributed by atoms with Crippen molar-refractivity contribution in [3.63, 3.8) is 0 Å². The lowest BCUT2D eigenvalue weighted by atomic mass is 9.81. The molecule has 2 fully saturated rings. The summed E-state index contributed by atoms with van der Waals surface area (Å²) in [7, 11) is 0. The summed E-state index contributed by atoms with van der Waals surface area (Å²) >= 11 is 0. The summed E-state index contributed by atoms with van der Waals surface area (Å²) < 4.78 is 13.4. The Bertz CT molecular complexity index is 1560. The topological polar surface area (TPSA) is 93.5 Å². The van der Waals surface area contributed by atoms with E-state index in [9.17, 15) is 24.0 Å². The molecule has 0 spiro atoms. The number of amides is 3. The Labute approximate surface area is 257 Å². The van der Waals surface area contributed by atoms with Crippen molar-refractivity contribution in [1.29, 1.82) is 5.26 Å². The Morgan fingerprint density at radius 3 is 2.34 bits per heavy atom. The van der Waals surface area contributed by atoms with Gasteiger partial charge < -0.3 is 15.1 Å². The zero-order chi connectivity index (χ0) is 30.6. The minimum absolute atomic E-state index is 0.104. The average molecular weight is 593 g/mol. The van der Waals surface area contributed by atoms with Crippen LogP contribution in [0.2, 0.25) is 0 Å². The summed E-state index contributed by atoms with van der Waals surface area (Å²) in [5.74, 6) is -0.730. The van der Waals surface area contributed by atoms with Gasteiger partial charge in [-0.15, -0.1) is 0 Å². The molecule has 0 aromatic heterocycles. The van der Waals surface area contributed by atoms with Crippen LogP contribution >= 0.6 is 0 Å². The highest BCUT2D eigenvalue weighted by Crippen LogP contribution is 2.38. The molecule has 3 unspecified atom stereocenters. The van der Waals surface area contributed by atoms with E-state index in [1.165, 1.54) is 18.6 Å². The molecular weight excluding hydrogens is 555 g/mol. The number of carbonyl (C=O) groups is 3. The summed E-state index contributed by atoms with van der Waals surface area (Å²) in [6.45, 7) is 0.662. The van der Waals surface area contributed by atoms with E-state index >= 15 is 0 Å². The Morgan fingerprint density at radius 1 is 0.932 bits per heavy atom. The molecule has 6 rings (SSSR count). The molecule has 2 aliphatic heterocycles. The van der Waals surface area contributed by atoms with E-state index in [4.69, 9.17) is 0 Å². The van der Waals surface area contributed by atoms with Crippen LogP contribution in [0, 0.1) is 23.1 Å². The largest absolute Gasteiger partial charge is 0.354 e. The van der Waals surface area contributed by atoms with Crippen LogP contribution in [-0.2, 0) is 33.8 Å². The highest BCUT2D eigenvalue weighted by Gasteiger charge is 2.51. The van der Waals surface area contributed by atoms with Crippen molar-refractivity contribution in [3.8, 4) is 6.07 Å². The third-order valence-corrected chi connectivity index (χ3v) is 9.48. The minimum atomic E-state index is -1.04. The lowest BCUT2D eigenvalue weighted by Crippen LogP contribution is -2.67. The number of hydrogen-bond acceptors (Lipinski definition) is 4. The van der Waals surface area contributed by atoms with Gasteiger partial charge in [-0.1, -0.05) is 80.6 Å². The normalized spacial score (nSPS) is 20.8. The molecule has 3 aromatic carbocycles. The molecule has 1 saturated carbocycles. The number of fused-ring (bicyclic) bond motifs is 2. The van der Waals surface area contributed by atoms with E-state index in [1.54, 1.807) is 46.2 Å². The fourth-order valence-corrected chi connectivity index (χ4v) is 7.13. The van der Waals surface area contributed by atoms with Crippen LogP contribution in [0.5, 0.6) is 0 Å². The number of benzene rings is 3. The second-order valence-electron chi connectivity index (χ2n) is 12.3. The summed E-state index contributed by atoms with van der Waals surface area (Å²) in [5, 5.41) is 12.4. The second-order valence-corrected chi connectivity index (χ2v) is 12.3. The quantitative estimate of drug-likeness (QED) is 0.388. The second kappa shape index (κ2) is 13.0. The van der Waals surface area contributed by atoms with Crippen molar-refractivity contribution in [2.45, 2.75) is 76.0 Å². The van der Waals surface area contributed by atoms with E-state index in [0.717, 1.165) is 42.4 Å². The van der Waals surface area contributed by atoms with Gasteiger partial charge in [-0.25, -0.2) is 4.39 Å². The summed E-state index contributed by atoms with van der Waals surface area (Å²) in [4.78, 5) is 46.5. The Balaban J connectivity index is 1.35. The van der Waals surface area contributed by atoms with Crippen LogP contribution in [0.4, 0.5) is 4.39 Å².